The van der Waals surface area contributed by atoms with Crippen LogP contribution in [0.1, 0.15) is 33.6 Å². The highest BCUT2D eigenvalue weighted by Crippen LogP contribution is 2.10. The standard InChI is InChI=1S/C13H23NO5/c1-5-8-18-12(17)14-10(9-15)6-7-11(16)19-13(2,3)4/h5,10,15H,1,6-9H2,2-4H3,(H,14,17)/t10-/m1/s1. The van der Waals surface area contributed by atoms with Crippen molar-refractivity contribution in [3.63, 3.8) is 0 Å². The molecule has 0 radical (unpaired) electrons. The minimum absolute atomic E-state index is 0.0933. The molecular weight excluding hydrogens is 250 g/mol. The van der Waals surface area contributed by atoms with Gasteiger partial charge in [0.25, 0.3) is 0 Å². The summed E-state index contributed by atoms with van der Waals surface area (Å²) in [5, 5.41) is 11.6. The van der Waals surface area contributed by atoms with E-state index in [9.17, 15) is 9.59 Å². The van der Waals surface area contributed by atoms with Crippen LogP contribution in [0.25, 0.3) is 0 Å². The van der Waals surface area contributed by atoms with Crippen molar-refractivity contribution in [2.24, 2.45) is 0 Å². The molecule has 6 heteroatoms. The van der Waals surface area contributed by atoms with Crippen LogP contribution in [0.4, 0.5) is 4.79 Å². The van der Waals surface area contributed by atoms with Gasteiger partial charge >= 0.3 is 12.1 Å². The Morgan fingerprint density at radius 1 is 1.42 bits per heavy atom. The van der Waals surface area contributed by atoms with E-state index < -0.39 is 17.7 Å². The quantitative estimate of drug-likeness (QED) is 0.540. The third-order valence-corrected chi connectivity index (χ3v) is 1.99. The Kier molecular flexibility index (Phi) is 7.83. The first-order valence-electron chi connectivity index (χ1n) is 6.15. The molecule has 19 heavy (non-hydrogen) atoms. The lowest BCUT2D eigenvalue weighted by Gasteiger charge is -2.20. The van der Waals surface area contributed by atoms with E-state index in [1.165, 1.54) is 6.08 Å². The number of hydrogen-bond acceptors (Lipinski definition) is 5. The topological polar surface area (TPSA) is 84.9 Å². The van der Waals surface area contributed by atoms with Crippen LogP contribution in [0.3, 0.4) is 0 Å². The zero-order valence-corrected chi connectivity index (χ0v) is 11.8. The van der Waals surface area contributed by atoms with Crippen molar-refractivity contribution < 1.29 is 24.2 Å². The van der Waals surface area contributed by atoms with Crippen molar-refractivity contribution in [1.29, 1.82) is 0 Å². The van der Waals surface area contributed by atoms with Crippen molar-refractivity contribution in [2.75, 3.05) is 13.2 Å². The van der Waals surface area contributed by atoms with E-state index in [2.05, 4.69) is 11.9 Å². The van der Waals surface area contributed by atoms with Crippen LogP contribution in [0.2, 0.25) is 0 Å². The highest BCUT2D eigenvalue weighted by Gasteiger charge is 2.18. The van der Waals surface area contributed by atoms with E-state index in [0.717, 1.165) is 0 Å². The van der Waals surface area contributed by atoms with Gasteiger partial charge in [-0.2, -0.15) is 0 Å². The Hall–Kier alpha value is -1.56. The molecule has 0 aromatic carbocycles. The number of alkyl carbamates (subject to hydrolysis) is 1. The first-order chi connectivity index (χ1) is 8.78. The van der Waals surface area contributed by atoms with Crippen LogP contribution < -0.4 is 5.32 Å². The second-order valence-corrected chi connectivity index (χ2v) is 5.04. The molecule has 0 spiro atoms. The van der Waals surface area contributed by atoms with E-state index >= 15 is 0 Å². The second-order valence-electron chi connectivity index (χ2n) is 5.04. The van der Waals surface area contributed by atoms with E-state index in [0.29, 0.717) is 0 Å². The monoisotopic (exact) mass is 273 g/mol. The van der Waals surface area contributed by atoms with E-state index in [1.807, 2.05) is 0 Å². The van der Waals surface area contributed by atoms with Crippen molar-refractivity contribution in [3.05, 3.63) is 12.7 Å². The van der Waals surface area contributed by atoms with Crippen molar-refractivity contribution in [1.82, 2.24) is 5.32 Å². The summed E-state index contributed by atoms with van der Waals surface area (Å²) in [5.74, 6) is -0.368. The number of hydrogen-bond donors (Lipinski definition) is 2. The lowest BCUT2D eigenvalue weighted by molar-refractivity contribution is -0.155. The molecule has 0 heterocycles. The minimum Gasteiger partial charge on any atom is -0.460 e. The van der Waals surface area contributed by atoms with Gasteiger partial charge in [0, 0.05) is 6.42 Å². The minimum atomic E-state index is -0.650. The molecule has 0 saturated carbocycles. The number of aliphatic hydroxyl groups excluding tert-OH is 1. The number of esters is 1. The number of carbonyl (C=O) groups excluding carboxylic acids is 2. The summed E-state index contributed by atoms with van der Waals surface area (Å²) >= 11 is 0. The van der Waals surface area contributed by atoms with Crippen LogP contribution in [0.5, 0.6) is 0 Å². The zero-order chi connectivity index (χ0) is 14.9. The van der Waals surface area contributed by atoms with Crippen LogP contribution in [-0.4, -0.2) is 42.0 Å². The number of aliphatic hydroxyl groups is 1. The zero-order valence-electron chi connectivity index (χ0n) is 11.8. The summed E-state index contributed by atoms with van der Waals surface area (Å²) in [6, 6.07) is -0.537. The summed E-state index contributed by atoms with van der Waals surface area (Å²) in [7, 11) is 0. The molecule has 0 aromatic heterocycles. The molecule has 0 unspecified atom stereocenters. The predicted octanol–water partition coefficient (Wildman–Crippen LogP) is 1.38. The molecule has 6 nitrogen and oxygen atoms in total. The SMILES string of the molecule is C=CCOC(=O)N[C@@H](CO)CCC(=O)OC(C)(C)C. The van der Waals surface area contributed by atoms with Gasteiger partial charge in [-0.05, 0) is 27.2 Å². The Balaban J connectivity index is 4.02. The van der Waals surface area contributed by atoms with Gasteiger partial charge in [0.05, 0.1) is 12.6 Å². The Labute approximate surface area is 113 Å². The Bertz CT molecular complexity index is 309. The number of ether oxygens (including phenoxy) is 2. The molecular formula is C13H23NO5. The first kappa shape index (κ1) is 17.4. The molecule has 0 bridgehead atoms. The average Bonchev–Trinajstić information content (AvgIpc) is 2.29. The molecule has 0 aliphatic carbocycles. The molecule has 1 atom stereocenters. The number of nitrogens with one attached hydrogen (secondary N) is 1. The largest absolute Gasteiger partial charge is 0.460 e. The fourth-order valence-corrected chi connectivity index (χ4v) is 1.24. The van der Waals surface area contributed by atoms with E-state index in [4.69, 9.17) is 14.6 Å². The maximum atomic E-state index is 11.5. The highest BCUT2D eigenvalue weighted by molar-refractivity contribution is 5.70. The summed E-state index contributed by atoms with van der Waals surface area (Å²) in [6.45, 7) is 8.56. The fourth-order valence-electron chi connectivity index (χ4n) is 1.24. The predicted molar refractivity (Wildman–Crippen MR) is 70.6 cm³/mol. The van der Waals surface area contributed by atoms with Crippen LogP contribution in [-0.2, 0) is 14.3 Å². The van der Waals surface area contributed by atoms with Gasteiger partial charge in [0.1, 0.15) is 12.2 Å². The summed E-state index contributed by atoms with van der Waals surface area (Å²) in [5.41, 5.74) is -0.540. The van der Waals surface area contributed by atoms with Gasteiger partial charge < -0.3 is 19.9 Å². The van der Waals surface area contributed by atoms with Gasteiger partial charge in [-0.1, -0.05) is 12.7 Å². The molecule has 1 amide bonds. The maximum absolute atomic E-state index is 11.5. The fraction of sp³-hybridized carbons (Fsp3) is 0.692. The van der Waals surface area contributed by atoms with Gasteiger partial charge in [0.15, 0.2) is 0 Å². The summed E-state index contributed by atoms with van der Waals surface area (Å²) in [6.07, 6.45) is 1.19. The van der Waals surface area contributed by atoms with E-state index in [1.54, 1.807) is 20.8 Å². The van der Waals surface area contributed by atoms with Crippen molar-refractivity contribution in [2.45, 2.75) is 45.3 Å². The van der Waals surface area contributed by atoms with Gasteiger partial charge in [-0.15, -0.1) is 0 Å². The molecule has 0 aliphatic rings. The Morgan fingerprint density at radius 3 is 2.53 bits per heavy atom. The molecule has 0 aliphatic heterocycles. The number of carbonyl (C=O) groups is 2. The van der Waals surface area contributed by atoms with Crippen LogP contribution in [0, 0.1) is 0 Å². The third kappa shape index (κ3) is 10.1. The Morgan fingerprint density at radius 2 is 2.05 bits per heavy atom. The molecule has 0 fully saturated rings. The second kappa shape index (κ2) is 8.53. The molecule has 110 valence electrons. The lowest BCUT2D eigenvalue weighted by Crippen LogP contribution is -2.38. The van der Waals surface area contributed by atoms with Crippen molar-refractivity contribution >= 4 is 12.1 Å². The smallest absolute Gasteiger partial charge is 0.407 e. The van der Waals surface area contributed by atoms with E-state index in [-0.39, 0.29) is 32.0 Å². The highest BCUT2D eigenvalue weighted by atomic mass is 16.6. The van der Waals surface area contributed by atoms with Gasteiger partial charge in [-0.25, -0.2) is 4.79 Å². The van der Waals surface area contributed by atoms with Gasteiger partial charge in [-0.3, -0.25) is 4.79 Å². The first-order valence-corrected chi connectivity index (χ1v) is 6.15. The third-order valence-electron chi connectivity index (χ3n) is 1.99. The lowest BCUT2D eigenvalue weighted by atomic mass is 10.1. The molecule has 2 N–H and O–H groups in total. The number of rotatable bonds is 7. The van der Waals surface area contributed by atoms with Gasteiger partial charge in [0.2, 0.25) is 0 Å². The summed E-state index contributed by atoms with van der Waals surface area (Å²) < 4.78 is 9.84. The van der Waals surface area contributed by atoms with Crippen molar-refractivity contribution in [3.8, 4) is 0 Å². The maximum Gasteiger partial charge on any atom is 0.407 e. The molecule has 0 saturated heterocycles. The molecule has 0 rings (SSSR count). The van der Waals surface area contributed by atoms with Crippen LogP contribution >= 0.6 is 0 Å². The number of amides is 1. The normalized spacial score (nSPS) is 12.4. The molecule has 0 aromatic rings. The summed E-state index contributed by atoms with van der Waals surface area (Å²) in [4.78, 5) is 22.7. The van der Waals surface area contributed by atoms with Crippen LogP contribution in [0.15, 0.2) is 12.7 Å². The average molecular weight is 273 g/mol.